The van der Waals surface area contributed by atoms with Crippen molar-refractivity contribution in [3.63, 3.8) is 0 Å². The van der Waals surface area contributed by atoms with Crippen molar-refractivity contribution in [3.8, 4) is 0 Å². The lowest BCUT2D eigenvalue weighted by atomic mass is 9.90. The number of ether oxygens (including phenoxy) is 1. The minimum absolute atomic E-state index is 0.142. The van der Waals surface area contributed by atoms with E-state index in [0.29, 0.717) is 28.2 Å². The zero-order valence-electron chi connectivity index (χ0n) is 19.6. The first-order valence-electron chi connectivity index (χ1n) is 11.0. The molecular formula is C28H27NO4S. The molecule has 0 fully saturated rings. The Morgan fingerprint density at radius 3 is 1.94 bits per heavy atom. The van der Waals surface area contributed by atoms with Crippen molar-refractivity contribution in [2.24, 2.45) is 0 Å². The summed E-state index contributed by atoms with van der Waals surface area (Å²) in [7, 11) is -3.94. The average molecular weight is 474 g/mol. The quantitative estimate of drug-likeness (QED) is 0.504. The van der Waals surface area contributed by atoms with Crippen LogP contribution in [0.15, 0.2) is 101 Å². The molecule has 174 valence electrons. The van der Waals surface area contributed by atoms with Crippen LogP contribution in [0.3, 0.4) is 0 Å². The SMILES string of the molecule is CC(=O)C1=C(C)OC(c2ccccc2)/C1=C(/NS(=O)(=O)c1ccc(C)cc1)c1ccc(C)cc1. The van der Waals surface area contributed by atoms with E-state index in [0.717, 1.165) is 16.7 Å². The van der Waals surface area contributed by atoms with Crippen molar-refractivity contribution in [3.05, 3.63) is 118 Å². The lowest BCUT2D eigenvalue weighted by Crippen LogP contribution is -2.25. The predicted molar refractivity (Wildman–Crippen MR) is 133 cm³/mol. The van der Waals surface area contributed by atoms with Crippen LogP contribution < -0.4 is 4.72 Å². The molecule has 1 heterocycles. The summed E-state index contributed by atoms with van der Waals surface area (Å²) >= 11 is 0. The van der Waals surface area contributed by atoms with Gasteiger partial charge in [0.2, 0.25) is 0 Å². The number of allylic oxidation sites excluding steroid dienone is 1. The van der Waals surface area contributed by atoms with Gasteiger partial charge < -0.3 is 4.74 Å². The van der Waals surface area contributed by atoms with Gasteiger partial charge in [0, 0.05) is 5.57 Å². The lowest BCUT2D eigenvalue weighted by Gasteiger charge is -2.21. The normalized spacial score (nSPS) is 17.4. The van der Waals surface area contributed by atoms with Crippen molar-refractivity contribution in [1.82, 2.24) is 4.72 Å². The Bertz CT molecular complexity index is 1390. The molecule has 4 rings (SSSR count). The van der Waals surface area contributed by atoms with Crippen molar-refractivity contribution < 1.29 is 17.9 Å². The second-order valence-electron chi connectivity index (χ2n) is 8.47. The molecule has 34 heavy (non-hydrogen) atoms. The Balaban J connectivity index is 1.97. The molecule has 0 spiro atoms. The van der Waals surface area contributed by atoms with Gasteiger partial charge in [-0.05, 0) is 51.0 Å². The van der Waals surface area contributed by atoms with Crippen LogP contribution in [0.25, 0.3) is 5.70 Å². The molecule has 0 aliphatic carbocycles. The van der Waals surface area contributed by atoms with Gasteiger partial charge in [-0.2, -0.15) is 0 Å². The minimum atomic E-state index is -3.94. The number of nitrogens with one attached hydrogen (secondary N) is 1. The van der Waals surface area contributed by atoms with Gasteiger partial charge in [-0.25, -0.2) is 8.42 Å². The maximum atomic E-state index is 13.5. The number of rotatable bonds is 6. The molecule has 3 aromatic carbocycles. The highest BCUT2D eigenvalue weighted by atomic mass is 32.2. The number of Topliss-reactive ketones (excluding diaryl/α,β-unsaturated/α-hetero) is 1. The summed E-state index contributed by atoms with van der Waals surface area (Å²) in [6.07, 6.45) is -0.628. The van der Waals surface area contributed by atoms with Crippen molar-refractivity contribution >= 4 is 21.5 Å². The molecule has 0 bridgehead atoms. The summed E-state index contributed by atoms with van der Waals surface area (Å²) in [6, 6.07) is 23.7. The highest BCUT2D eigenvalue weighted by molar-refractivity contribution is 7.89. The number of aryl methyl sites for hydroxylation is 2. The lowest BCUT2D eigenvalue weighted by molar-refractivity contribution is -0.113. The largest absolute Gasteiger partial charge is 0.485 e. The first-order chi connectivity index (χ1) is 16.2. The number of carbonyl (C=O) groups is 1. The number of benzene rings is 3. The summed E-state index contributed by atoms with van der Waals surface area (Å²) in [5.41, 5.74) is 4.70. The Labute approximate surface area is 200 Å². The first kappa shape index (κ1) is 23.5. The van der Waals surface area contributed by atoms with Gasteiger partial charge >= 0.3 is 0 Å². The molecule has 0 aromatic heterocycles. The van der Waals surface area contributed by atoms with Gasteiger partial charge in [0.25, 0.3) is 10.0 Å². The molecule has 1 unspecified atom stereocenters. The molecule has 1 N–H and O–H groups in total. The third kappa shape index (κ3) is 4.68. The van der Waals surface area contributed by atoms with Crippen LogP contribution in [-0.4, -0.2) is 14.2 Å². The summed E-state index contributed by atoms with van der Waals surface area (Å²) in [4.78, 5) is 12.9. The van der Waals surface area contributed by atoms with E-state index in [1.807, 2.05) is 68.4 Å². The molecule has 6 heteroatoms. The van der Waals surface area contributed by atoms with Crippen LogP contribution in [0.5, 0.6) is 0 Å². The second kappa shape index (κ2) is 9.31. The number of sulfonamides is 1. The van der Waals surface area contributed by atoms with Gasteiger partial charge in [0.05, 0.1) is 16.2 Å². The van der Waals surface area contributed by atoms with Crippen molar-refractivity contribution in [1.29, 1.82) is 0 Å². The van der Waals surface area contributed by atoms with E-state index in [1.54, 1.807) is 31.2 Å². The van der Waals surface area contributed by atoms with E-state index in [-0.39, 0.29) is 10.7 Å². The molecule has 3 aromatic rings. The van der Waals surface area contributed by atoms with Gasteiger partial charge in [0.1, 0.15) is 5.76 Å². The Morgan fingerprint density at radius 1 is 0.824 bits per heavy atom. The molecule has 5 nitrogen and oxygen atoms in total. The monoisotopic (exact) mass is 473 g/mol. The molecule has 0 saturated heterocycles. The molecule has 1 atom stereocenters. The molecule has 0 radical (unpaired) electrons. The standard InChI is InChI=1S/C28H27NO4S/c1-18-10-14-22(15-11-18)27(29-34(31,32)24-16-12-19(2)13-17-24)26-25(20(3)30)21(4)33-28(26)23-8-6-5-7-9-23/h5-17,28-29H,1-4H3/b27-26+. The fraction of sp³-hybridized carbons (Fsp3) is 0.179. The number of carbonyl (C=O) groups excluding carboxylic acids is 1. The Hall–Kier alpha value is -3.64. The third-order valence-corrected chi connectivity index (χ3v) is 7.18. The van der Waals surface area contributed by atoms with Crippen LogP contribution in [0.1, 0.15) is 42.2 Å². The van der Waals surface area contributed by atoms with Crippen LogP contribution in [-0.2, 0) is 19.6 Å². The molecule has 1 aliphatic rings. The van der Waals surface area contributed by atoms with Crippen molar-refractivity contribution in [2.75, 3.05) is 0 Å². The Kier molecular flexibility index (Phi) is 6.44. The molecule has 0 saturated carbocycles. The average Bonchev–Trinajstić information content (AvgIpc) is 3.16. The van der Waals surface area contributed by atoms with E-state index >= 15 is 0 Å². The highest BCUT2D eigenvalue weighted by Gasteiger charge is 2.37. The van der Waals surface area contributed by atoms with Crippen LogP contribution in [0.2, 0.25) is 0 Å². The maximum absolute atomic E-state index is 13.5. The third-order valence-electron chi connectivity index (χ3n) is 5.81. The molecular weight excluding hydrogens is 446 g/mol. The maximum Gasteiger partial charge on any atom is 0.261 e. The summed E-state index contributed by atoms with van der Waals surface area (Å²) < 4.78 is 35.9. The van der Waals surface area contributed by atoms with E-state index in [1.165, 1.54) is 6.92 Å². The zero-order valence-corrected chi connectivity index (χ0v) is 20.4. The van der Waals surface area contributed by atoms with Crippen LogP contribution >= 0.6 is 0 Å². The second-order valence-corrected chi connectivity index (χ2v) is 10.2. The summed E-state index contributed by atoms with van der Waals surface area (Å²) in [5.74, 6) is 0.278. The van der Waals surface area contributed by atoms with Gasteiger partial charge in [-0.3, -0.25) is 9.52 Å². The van der Waals surface area contributed by atoms with E-state index in [2.05, 4.69) is 4.72 Å². The van der Waals surface area contributed by atoms with E-state index in [4.69, 9.17) is 4.74 Å². The predicted octanol–water partition coefficient (Wildman–Crippen LogP) is 5.63. The van der Waals surface area contributed by atoms with Crippen molar-refractivity contribution in [2.45, 2.75) is 38.7 Å². The molecule has 1 aliphatic heterocycles. The number of hydrogen-bond acceptors (Lipinski definition) is 4. The van der Waals surface area contributed by atoms with Gasteiger partial charge in [-0.15, -0.1) is 0 Å². The number of hydrogen-bond donors (Lipinski definition) is 1. The first-order valence-corrected chi connectivity index (χ1v) is 12.5. The van der Waals surface area contributed by atoms with Gasteiger partial charge in [-0.1, -0.05) is 77.9 Å². The molecule has 0 amide bonds. The van der Waals surface area contributed by atoms with E-state index < -0.39 is 16.1 Å². The smallest absolute Gasteiger partial charge is 0.261 e. The zero-order chi connectivity index (χ0) is 24.5. The topological polar surface area (TPSA) is 72.5 Å². The summed E-state index contributed by atoms with van der Waals surface area (Å²) in [5, 5.41) is 0. The fourth-order valence-corrected chi connectivity index (χ4v) is 5.18. The van der Waals surface area contributed by atoms with E-state index in [9.17, 15) is 13.2 Å². The van der Waals surface area contributed by atoms with Crippen LogP contribution in [0.4, 0.5) is 0 Å². The summed E-state index contributed by atoms with van der Waals surface area (Å²) in [6.45, 7) is 7.07. The van der Waals surface area contributed by atoms with Gasteiger partial charge in [0.15, 0.2) is 11.9 Å². The van der Waals surface area contributed by atoms with Crippen LogP contribution in [0, 0.1) is 13.8 Å². The Morgan fingerprint density at radius 2 is 1.38 bits per heavy atom. The highest BCUT2D eigenvalue weighted by Crippen LogP contribution is 2.44. The fourth-order valence-electron chi connectivity index (χ4n) is 4.07. The number of ketones is 1. The minimum Gasteiger partial charge on any atom is -0.485 e.